The highest BCUT2D eigenvalue weighted by Crippen LogP contribution is 2.32. The number of para-hydroxylation sites is 1. The number of ether oxygens (including phenoxy) is 2. The largest absolute Gasteiger partial charge is 0.482 e. The van der Waals surface area contributed by atoms with Crippen LogP contribution in [0.3, 0.4) is 0 Å². The minimum absolute atomic E-state index is 0.208. The average Bonchev–Trinajstić information content (AvgIpc) is 2.77. The topological polar surface area (TPSA) is 76.7 Å². The number of esters is 1. The quantitative estimate of drug-likeness (QED) is 0.283. The van der Waals surface area contributed by atoms with Crippen LogP contribution in [0.15, 0.2) is 66.7 Å². The SMILES string of the molecule is C[C@@H](OC(=O)COc1ccc(Nc2ccccc2)cc1)C(=O)Nc1cc(Cl)c(Cl)cc1Cl. The van der Waals surface area contributed by atoms with E-state index in [1.807, 2.05) is 42.5 Å². The molecule has 166 valence electrons. The molecule has 3 aromatic carbocycles. The van der Waals surface area contributed by atoms with Crippen molar-refractivity contribution in [2.24, 2.45) is 0 Å². The van der Waals surface area contributed by atoms with E-state index in [0.29, 0.717) is 5.75 Å². The van der Waals surface area contributed by atoms with E-state index in [4.69, 9.17) is 44.3 Å². The number of carbonyl (C=O) groups excluding carboxylic acids is 2. The monoisotopic (exact) mass is 492 g/mol. The molecule has 0 aliphatic carbocycles. The van der Waals surface area contributed by atoms with Gasteiger partial charge in [0.05, 0.1) is 20.8 Å². The number of nitrogens with one attached hydrogen (secondary N) is 2. The third kappa shape index (κ3) is 6.79. The van der Waals surface area contributed by atoms with Gasteiger partial charge in [0.1, 0.15) is 5.75 Å². The van der Waals surface area contributed by atoms with E-state index in [-0.39, 0.29) is 27.4 Å². The predicted octanol–water partition coefficient (Wildman–Crippen LogP) is 6.34. The molecule has 0 saturated heterocycles. The van der Waals surface area contributed by atoms with E-state index in [9.17, 15) is 9.59 Å². The number of halogens is 3. The van der Waals surface area contributed by atoms with Crippen molar-refractivity contribution in [2.75, 3.05) is 17.2 Å². The van der Waals surface area contributed by atoms with Crippen molar-refractivity contribution < 1.29 is 19.1 Å². The van der Waals surface area contributed by atoms with Gasteiger partial charge in [0.25, 0.3) is 5.91 Å². The van der Waals surface area contributed by atoms with Crippen LogP contribution in [0.1, 0.15) is 6.92 Å². The second-order valence-electron chi connectivity index (χ2n) is 6.67. The summed E-state index contributed by atoms with van der Waals surface area (Å²) in [6.45, 7) is 1.08. The van der Waals surface area contributed by atoms with Crippen LogP contribution in [-0.2, 0) is 14.3 Å². The third-order valence-electron chi connectivity index (χ3n) is 4.22. The molecule has 2 N–H and O–H groups in total. The van der Waals surface area contributed by atoms with E-state index in [2.05, 4.69) is 10.6 Å². The Labute approximate surface area is 200 Å². The molecule has 0 radical (unpaired) electrons. The van der Waals surface area contributed by atoms with E-state index in [1.165, 1.54) is 19.1 Å². The summed E-state index contributed by atoms with van der Waals surface area (Å²) in [5, 5.41) is 6.49. The van der Waals surface area contributed by atoms with Crippen LogP contribution >= 0.6 is 34.8 Å². The molecular weight excluding hydrogens is 475 g/mol. The van der Waals surface area contributed by atoms with Gasteiger partial charge in [0.15, 0.2) is 12.7 Å². The molecule has 3 aromatic rings. The lowest BCUT2D eigenvalue weighted by Crippen LogP contribution is -2.31. The van der Waals surface area contributed by atoms with Gasteiger partial charge in [-0.05, 0) is 55.5 Å². The maximum Gasteiger partial charge on any atom is 0.344 e. The van der Waals surface area contributed by atoms with Crippen LogP contribution in [0.4, 0.5) is 17.1 Å². The van der Waals surface area contributed by atoms with Crippen LogP contribution in [0.2, 0.25) is 15.1 Å². The standard InChI is InChI=1S/C23H19Cl3N2O4/c1-14(23(30)28-21-12-19(25)18(24)11-20(21)26)32-22(29)13-31-17-9-7-16(8-10-17)27-15-5-3-2-4-6-15/h2-12,14,27H,13H2,1H3,(H,28,30)/t14-/m1/s1. The van der Waals surface area contributed by atoms with Crippen molar-refractivity contribution in [2.45, 2.75) is 13.0 Å². The van der Waals surface area contributed by atoms with Crippen molar-refractivity contribution in [3.63, 3.8) is 0 Å². The zero-order valence-electron chi connectivity index (χ0n) is 16.9. The molecule has 3 rings (SSSR count). The highest BCUT2D eigenvalue weighted by atomic mass is 35.5. The average molecular weight is 494 g/mol. The number of anilines is 3. The van der Waals surface area contributed by atoms with Crippen molar-refractivity contribution in [3.05, 3.63) is 81.8 Å². The molecule has 0 aliphatic heterocycles. The van der Waals surface area contributed by atoms with Gasteiger partial charge < -0.3 is 20.1 Å². The first-order valence-corrected chi connectivity index (χ1v) is 10.6. The summed E-state index contributed by atoms with van der Waals surface area (Å²) in [5.41, 5.74) is 2.09. The smallest absolute Gasteiger partial charge is 0.344 e. The van der Waals surface area contributed by atoms with Crippen LogP contribution in [-0.4, -0.2) is 24.6 Å². The maximum absolute atomic E-state index is 12.3. The predicted molar refractivity (Wildman–Crippen MR) is 127 cm³/mol. The van der Waals surface area contributed by atoms with Gasteiger partial charge in [-0.15, -0.1) is 0 Å². The Kier molecular flexibility index (Phi) is 8.22. The number of rotatable bonds is 8. The second kappa shape index (κ2) is 11.1. The van der Waals surface area contributed by atoms with Crippen LogP contribution in [0, 0.1) is 0 Å². The fourth-order valence-corrected chi connectivity index (χ4v) is 3.20. The number of benzene rings is 3. The number of hydrogen-bond acceptors (Lipinski definition) is 5. The van der Waals surface area contributed by atoms with Crippen LogP contribution in [0.25, 0.3) is 0 Å². The first-order chi connectivity index (χ1) is 15.3. The Morgan fingerprint density at radius 1 is 0.875 bits per heavy atom. The van der Waals surface area contributed by atoms with Crippen molar-refractivity contribution in [1.29, 1.82) is 0 Å². The minimum Gasteiger partial charge on any atom is -0.482 e. The lowest BCUT2D eigenvalue weighted by Gasteiger charge is -2.15. The third-order valence-corrected chi connectivity index (χ3v) is 5.25. The molecule has 0 bridgehead atoms. The van der Waals surface area contributed by atoms with Gasteiger partial charge in [0.2, 0.25) is 0 Å². The zero-order chi connectivity index (χ0) is 23.1. The Bertz CT molecular complexity index is 1090. The van der Waals surface area contributed by atoms with Crippen molar-refractivity contribution in [1.82, 2.24) is 0 Å². The van der Waals surface area contributed by atoms with Crippen LogP contribution in [0.5, 0.6) is 5.75 Å². The lowest BCUT2D eigenvalue weighted by molar-refractivity contribution is -0.155. The van der Waals surface area contributed by atoms with Gasteiger partial charge >= 0.3 is 5.97 Å². The normalized spacial score (nSPS) is 11.4. The number of amides is 1. The summed E-state index contributed by atoms with van der Waals surface area (Å²) < 4.78 is 10.5. The summed E-state index contributed by atoms with van der Waals surface area (Å²) in [7, 11) is 0. The Hall–Kier alpha value is -2.93. The molecule has 1 atom stereocenters. The van der Waals surface area contributed by atoms with E-state index >= 15 is 0 Å². The van der Waals surface area contributed by atoms with Gasteiger partial charge in [-0.1, -0.05) is 53.0 Å². The molecule has 0 fully saturated rings. The molecule has 1 amide bonds. The minimum atomic E-state index is -1.07. The molecule has 32 heavy (non-hydrogen) atoms. The molecule has 0 saturated carbocycles. The Morgan fingerprint density at radius 3 is 2.19 bits per heavy atom. The molecular formula is C23H19Cl3N2O4. The maximum atomic E-state index is 12.3. The van der Waals surface area contributed by atoms with Crippen molar-refractivity contribution >= 4 is 63.7 Å². The highest BCUT2D eigenvalue weighted by Gasteiger charge is 2.20. The van der Waals surface area contributed by atoms with E-state index in [0.717, 1.165) is 11.4 Å². The molecule has 6 nitrogen and oxygen atoms in total. The molecule has 0 spiro atoms. The zero-order valence-corrected chi connectivity index (χ0v) is 19.2. The Balaban J connectivity index is 1.46. The fourth-order valence-electron chi connectivity index (χ4n) is 2.60. The van der Waals surface area contributed by atoms with Crippen molar-refractivity contribution in [3.8, 4) is 5.75 Å². The van der Waals surface area contributed by atoms with Gasteiger partial charge in [0, 0.05) is 11.4 Å². The van der Waals surface area contributed by atoms with Gasteiger partial charge in [-0.2, -0.15) is 0 Å². The number of carbonyl (C=O) groups is 2. The van der Waals surface area contributed by atoms with E-state index < -0.39 is 18.0 Å². The van der Waals surface area contributed by atoms with Gasteiger partial charge in [-0.3, -0.25) is 4.79 Å². The molecule has 0 aromatic heterocycles. The molecule has 9 heteroatoms. The van der Waals surface area contributed by atoms with E-state index in [1.54, 1.807) is 12.1 Å². The molecule has 0 unspecified atom stereocenters. The molecule has 0 aliphatic rings. The van der Waals surface area contributed by atoms with Gasteiger partial charge in [-0.25, -0.2) is 4.79 Å². The summed E-state index contributed by atoms with van der Waals surface area (Å²) >= 11 is 17.8. The molecule has 0 heterocycles. The first kappa shape index (κ1) is 23.7. The van der Waals surface area contributed by atoms with Crippen LogP contribution < -0.4 is 15.4 Å². The summed E-state index contributed by atoms with van der Waals surface area (Å²) in [5.74, 6) is -0.783. The Morgan fingerprint density at radius 2 is 1.50 bits per heavy atom. The number of hydrogen-bond donors (Lipinski definition) is 2. The second-order valence-corrected chi connectivity index (χ2v) is 7.89. The lowest BCUT2D eigenvalue weighted by atomic mass is 10.2. The summed E-state index contributed by atoms with van der Waals surface area (Å²) in [4.78, 5) is 24.3. The first-order valence-electron chi connectivity index (χ1n) is 9.51. The summed E-state index contributed by atoms with van der Waals surface area (Å²) in [6.07, 6.45) is -1.07. The fraction of sp³-hybridized carbons (Fsp3) is 0.130. The summed E-state index contributed by atoms with van der Waals surface area (Å²) in [6, 6.07) is 19.6. The highest BCUT2D eigenvalue weighted by molar-refractivity contribution is 6.44.